The largest absolute Gasteiger partial charge is 0.388 e. The summed E-state index contributed by atoms with van der Waals surface area (Å²) in [5.41, 5.74) is 0.673. The monoisotopic (exact) mass is 275 g/mol. The van der Waals surface area contributed by atoms with Crippen molar-refractivity contribution in [3.63, 3.8) is 0 Å². The molecule has 2 unspecified atom stereocenters. The van der Waals surface area contributed by atoms with Crippen molar-refractivity contribution in [2.75, 3.05) is 19.8 Å². The standard InChI is InChI=1S/C12H15Cl2NO2/c13-10-3-1-2-9(12(10)14)11(16)6-8-7-17-5-4-15-8/h1-3,8,11,15-16H,4-7H2. The summed E-state index contributed by atoms with van der Waals surface area (Å²) in [5, 5.41) is 14.3. The maximum Gasteiger partial charge on any atom is 0.0820 e. The molecule has 2 N–H and O–H groups in total. The maximum atomic E-state index is 10.1. The molecule has 1 aromatic rings. The molecule has 1 aromatic carbocycles. The predicted octanol–water partition coefficient (Wildman–Crippen LogP) is 2.41. The lowest BCUT2D eigenvalue weighted by atomic mass is 10.0. The molecular formula is C12H15Cl2NO2. The van der Waals surface area contributed by atoms with Gasteiger partial charge in [0.05, 0.1) is 29.4 Å². The molecule has 0 aromatic heterocycles. The highest BCUT2D eigenvalue weighted by Gasteiger charge is 2.20. The van der Waals surface area contributed by atoms with Crippen molar-refractivity contribution in [2.24, 2.45) is 0 Å². The van der Waals surface area contributed by atoms with E-state index in [-0.39, 0.29) is 6.04 Å². The SMILES string of the molecule is OC(CC1COCCN1)c1cccc(Cl)c1Cl. The van der Waals surface area contributed by atoms with Gasteiger partial charge in [0.2, 0.25) is 0 Å². The van der Waals surface area contributed by atoms with Crippen molar-refractivity contribution >= 4 is 23.2 Å². The van der Waals surface area contributed by atoms with E-state index < -0.39 is 6.10 Å². The van der Waals surface area contributed by atoms with Gasteiger partial charge in [0.1, 0.15) is 0 Å². The van der Waals surface area contributed by atoms with Gasteiger partial charge < -0.3 is 15.2 Å². The fraction of sp³-hybridized carbons (Fsp3) is 0.500. The highest BCUT2D eigenvalue weighted by molar-refractivity contribution is 6.42. The number of rotatable bonds is 3. The summed E-state index contributed by atoms with van der Waals surface area (Å²) in [4.78, 5) is 0. The zero-order valence-corrected chi connectivity index (χ0v) is 10.8. The molecule has 94 valence electrons. The second-order valence-corrected chi connectivity index (χ2v) is 4.91. The van der Waals surface area contributed by atoms with Gasteiger partial charge in [-0.05, 0) is 12.5 Å². The summed E-state index contributed by atoms with van der Waals surface area (Å²) in [5.74, 6) is 0. The summed E-state index contributed by atoms with van der Waals surface area (Å²) in [6, 6.07) is 5.45. The Bertz CT molecular complexity index is 381. The number of hydrogen-bond acceptors (Lipinski definition) is 3. The van der Waals surface area contributed by atoms with Crippen LogP contribution in [-0.2, 0) is 4.74 Å². The fourth-order valence-electron chi connectivity index (χ4n) is 1.95. The summed E-state index contributed by atoms with van der Waals surface area (Å²) in [7, 11) is 0. The Morgan fingerprint density at radius 2 is 2.29 bits per heavy atom. The first-order valence-electron chi connectivity index (χ1n) is 5.61. The van der Waals surface area contributed by atoms with Gasteiger partial charge in [-0.25, -0.2) is 0 Å². The molecule has 1 aliphatic heterocycles. The van der Waals surface area contributed by atoms with E-state index in [0.717, 1.165) is 13.2 Å². The van der Waals surface area contributed by atoms with Gasteiger partial charge >= 0.3 is 0 Å². The van der Waals surface area contributed by atoms with Crippen LogP contribution in [0.3, 0.4) is 0 Å². The maximum absolute atomic E-state index is 10.1. The molecule has 0 aliphatic carbocycles. The molecule has 1 saturated heterocycles. The van der Waals surface area contributed by atoms with E-state index in [0.29, 0.717) is 28.6 Å². The molecule has 2 atom stereocenters. The van der Waals surface area contributed by atoms with Gasteiger partial charge in [0, 0.05) is 18.2 Å². The smallest absolute Gasteiger partial charge is 0.0820 e. The lowest BCUT2D eigenvalue weighted by Crippen LogP contribution is -2.42. The summed E-state index contributed by atoms with van der Waals surface area (Å²) in [6.45, 7) is 2.17. The van der Waals surface area contributed by atoms with E-state index >= 15 is 0 Å². The van der Waals surface area contributed by atoms with Crippen molar-refractivity contribution in [2.45, 2.75) is 18.6 Å². The summed E-state index contributed by atoms with van der Waals surface area (Å²) >= 11 is 12.0. The molecule has 5 heteroatoms. The molecule has 17 heavy (non-hydrogen) atoms. The zero-order valence-electron chi connectivity index (χ0n) is 9.33. The van der Waals surface area contributed by atoms with Crippen molar-refractivity contribution in [1.82, 2.24) is 5.32 Å². The number of benzene rings is 1. The Kier molecular flexibility index (Phi) is 4.65. The first-order valence-corrected chi connectivity index (χ1v) is 6.37. The zero-order chi connectivity index (χ0) is 12.3. The van der Waals surface area contributed by atoms with Crippen LogP contribution in [0.5, 0.6) is 0 Å². The number of ether oxygens (including phenoxy) is 1. The third-order valence-electron chi connectivity index (χ3n) is 2.85. The number of halogens is 2. The van der Waals surface area contributed by atoms with Gasteiger partial charge in [-0.2, -0.15) is 0 Å². The van der Waals surface area contributed by atoms with Crippen molar-refractivity contribution < 1.29 is 9.84 Å². The fourth-order valence-corrected chi connectivity index (χ4v) is 2.38. The van der Waals surface area contributed by atoms with Crippen LogP contribution in [0.25, 0.3) is 0 Å². The van der Waals surface area contributed by atoms with Crippen LogP contribution in [0.2, 0.25) is 10.0 Å². The lowest BCUT2D eigenvalue weighted by molar-refractivity contribution is 0.0519. The Morgan fingerprint density at radius 3 is 3.00 bits per heavy atom. The Labute approximate surface area is 111 Å². The molecule has 0 spiro atoms. The molecule has 1 heterocycles. The van der Waals surface area contributed by atoms with E-state index in [4.69, 9.17) is 27.9 Å². The first-order chi connectivity index (χ1) is 8.18. The molecule has 0 radical (unpaired) electrons. The molecule has 1 aliphatic rings. The van der Waals surface area contributed by atoms with E-state index in [2.05, 4.69) is 5.32 Å². The van der Waals surface area contributed by atoms with E-state index in [1.807, 2.05) is 0 Å². The molecule has 2 rings (SSSR count). The molecule has 0 amide bonds. The average Bonchev–Trinajstić information content (AvgIpc) is 2.34. The molecule has 3 nitrogen and oxygen atoms in total. The van der Waals surface area contributed by atoms with Crippen molar-refractivity contribution in [3.05, 3.63) is 33.8 Å². The van der Waals surface area contributed by atoms with Crippen LogP contribution in [0.4, 0.5) is 0 Å². The number of nitrogens with one attached hydrogen (secondary N) is 1. The number of aliphatic hydroxyl groups excluding tert-OH is 1. The first kappa shape index (κ1) is 13.1. The highest BCUT2D eigenvalue weighted by atomic mass is 35.5. The van der Waals surface area contributed by atoms with Gasteiger partial charge in [0.15, 0.2) is 0 Å². The van der Waals surface area contributed by atoms with E-state index in [9.17, 15) is 5.11 Å². The van der Waals surface area contributed by atoms with Gasteiger partial charge in [0.25, 0.3) is 0 Å². The van der Waals surface area contributed by atoms with Gasteiger partial charge in [-0.3, -0.25) is 0 Å². The van der Waals surface area contributed by atoms with Crippen molar-refractivity contribution in [1.29, 1.82) is 0 Å². The Morgan fingerprint density at radius 1 is 1.47 bits per heavy atom. The molecular weight excluding hydrogens is 261 g/mol. The van der Waals surface area contributed by atoms with Crippen LogP contribution in [0, 0.1) is 0 Å². The van der Waals surface area contributed by atoms with E-state index in [1.165, 1.54) is 0 Å². The van der Waals surface area contributed by atoms with Gasteiger partial charge in [-0.15, -0.1) is 0 Å². The topological polar surface area (TPSA) is 41.5 Å². The van der Waals surface area contributed by atoms with Crippen LogP contribution in [0.1, 0.15) is 18.1 Å². The van der Waals surface area contributed by atoms with Crippen LogP contribution >= 0.6 is 23.2 Å². The number of aliphatic hydroxyl groups is 1. The quantitative estimate of drug-likeness (QED) is 0.890. The molecule has 0 saturated carbocycles. The van der Waals surface area contributed by atoms with Crippen LogP contribution < -0.4 is 5.32 Å². The second-order valence-electron chi connectivity index (χ2n) is 4.12. The third kappa shape index (κ3) is 3.33. The number of morpholine rings is 1. The summed E-state index contributed by atoms with van der Waals surface area (Å²) in [6.07, 6.45) is -0.0551. The minimum absolute atomic E-state index is 0.161. The Balaban J connectivity index is 2.03. The number of hydrogen-bond donors (Lipinski definition) is 2. The predicted molar refractivity (Wildman–Crippen MR) is 68.6 cm³/mol. The lowest BCUT2D eigenvalue weighted by Gasteiger charge is -2.26. The second kappa shape index (κ2) is 6.03. The third-order valence-corrected chi connectivity index (χ3v) is 3.68. The summed E-state index contributed by atoms with van der Waals surface area (Å²) < 4.78 is 5.34. The van der Waals surface area contributed by atoms with Crippen LogP contribution in [-0.4, -0.2) is 30.9 Å². The molecule has 0 bridgehead atoms. The highest BCUT2D eigenvalue weighted by Crippen LogP contribution is 2.31. The Hall–Kier alpha value is -0.320. The minimum atomic E-state index is -0.625. The van der Waals surface area contributed by atoms with Crippen molar-refractivity contribution in [3.8, 4) is 0 Å². The van der Waals surface area contributed by atoms with Crippen LogP contribution in [0.15, 0.2) is 18.2 Å². The average molecular weight is 276 g/mol. The van der Waals surface area contributed by atoms with E-state index in [1.54, 1.807) is 18.2 Å². The van der Waals surface area contributed by atoms with Gasteiger partial charge in [-0.1, -0.05) is 35.3 Å². The molecule has 1 fully saturated rings. The minimum Gasteiger partial charge on any atom is -0.388 e. The normalized spacial score (nSPS) is 22.4.